The topological polar surface area (TPSA) is 49.3 Å². The van der Waals surface area contributed by atoms with Crippen molar-refractivity contribution in [1.29, 1.82) is 0 Å². The number of hydrogen-bond acceptors (Lipinski definition) is 4. The van der Waals surface area contributed by atoms with E-state index in [1.165, 1.54) is 24.1 Å². The van der Waals surface area contributed by atoms with E-state index in [2.05, 4.69) is 46.3 Å². The highest BCUT2D eigenvalue weighted by Gasteiger charge is 2.28. The molecule has 5 heteroatoms. The van der Waals surface area contributed by atoms with Gasteiger partial charge in [0.15, 0.2) is 11.5 Å². The van der Waals surface area contributed by atoms with E-state index < -0.39 is 0 Å². The molecule has 1 aromatic heterocycles. The summed E-state index contributed by atoms with van der Waals surface area (Å²) in [7, 11) is 0. The summed E-state index contributed by atoms with van der Waals surface area (Å²) in [4.78, 5) is 16.8. The van der Waals surface area contributed by atoms with Gasteiger partial charge in [0.05, 0.1) is 0 Å². The Kier molecular flexibility index (Phi) is 4.38. The van der Waals surface area contributed by atoms with Gasteiger partial charge in [-0.25, -0.2) is 0 Å². The molecule has 2 aliphatic rings. The van der Waals surface area contributed by atoms with Crippen LogP contribution in [0, 0.1) is 0 Å². The Balaban J connectivity index is 1.55. The zero-order chi connectivity index (χ0) is 17.2. The van der Waals surface area contributed by atoms with Gasteiger partial charge in [-0.2, -0.15) is 0 Å². The molecule has 130 valence electrons. The van der Waals surface area contributed by atoms with Crippen LogP contribution in [0.4, 0.5) is 11.5 Å². The maximum Gasteiger partial charge on any atom is 0.274 e. The number of nitrogens with zero attached hydrogens (tertiary/aromatic N) is 4. The highest BCUT2D eigenvalue weighted by Crippen LogP contribution is 2.36. The first-order valence-electron chi connectivity index (χ1n) is 9.24. The average Bonchev–Trinajstić information content (AvgIpc) is 2.81. The number of hydrogen-bond donors (Lipinski definition) is 0. The molecule has 0 aliphatic carbocycles. The van der Waals surface area contributed by atoms with Crippen molar-refractivity contribution in [1.82, 2.24) is 15.1 Å². The zero-order valence-corrected chi connectivity index (χ0v) is 14.7. The van der Waals surface area contributed by atoms with Crippen LogP contribution in [0.1, 0.15) is 48.7 Å². The van der Waals surface area contributed by atoms with E-state index in [-0.39, 0.29) is 5.91 Å². The third kappa shape index (κ3) is 3.11. The molecule has 5 nitrogen and oxygen atoms in total. The summed E-state index contributed by atoms with van der Waals surface area (Å²) < 4.78 is 0. The minimum Gasteiger partial charge on any atom is -0.337 e. The van der Waals surface area contributed by atoms with Crippen LogP contribution in [0.5, 0.6) is 0 Å². The van der Waals surface area contributed by atoms with Gasteiger partial charge in [0, 0.05) is 24.8 Å². The Morgan fingerprint density at radius 2 is 1.76 bits per heavy atom. The zero-order valence-electron chi connectivity index (χ0n) is 14.7. The van der Waals surface area contributed by atoms with Crippen molar-refractivity contribution in [3.8, 4) is 0 Å². The molecule has 0 saturated carbocycles. The predicted octanol–water partition coefficient (Wildman–Crippen LogP) is 3.58. The summed E-state index contributed by atoms with van der Waals surface area (Å²) >= 11 is 0. The average molecular weight is 336 g/mol. The lowest BCUT2D eigenvalue weighted by molar-refractivity contribution is 0.0754. The highest BCUT2D eigenvalue weighted by molar-refractivity contribution is 5.92. The van der Waals surface area contributed by atoms with Crippen molar-refractivity contribution in [2.24, 2.45) is 0 Å². The highest BCUT2D eigenvalue weighted by atomic mass is 16.2. The van der Waals surface area contributed by atoms with Gasteiger partial charge in [-0.3, -0.25) is 4.79 Å². The van der Waals surface area contributed by atoms with Crippen molar-refractivity contribution in [2.75, 3.05) is 18.0 Å². The summed E-state index contributed by atoms with van der Waals surface area (Å²) in [5.41, 5.74) is 2.98. The molecule has 0 radical (unpaired) electrons. The van der Waals surface area contributed by atoms with Crippen LogP contribution in [0.3, 0.4) is 0 Å². The van der Waals surface area contributed by atoms with E-state index in [1.807, 2.05) is 17.0 Å². The fourth-order valence-electron chi connectivity index (χ4n) is 3.92. The molecule has 0 spiro atoms. The molecule has 0 N–H and O–H groups in total. The largest absolute Gasteiger partial charge is 0.337 e. The summed E-state index contributed by atoms with van der Waals surface area (Å²) in [6, 6.07) is 12.5. The maximum absolute atomic E-state index is 12.7. The van der Waals surface area contributed by atoms with Gasteiger partial charge < -0.3 is 9.80 Å². The summed E-state index contributed by atoms with van der Waals surface area (Å²) in [5.74, 6) is 0.820. The van der Waals surface area contributed by atoms with Gasteiger partial charge in [0.2, 0.25) is 0 Å². The van der Waals surface area contributed by atoms with Crippen LogP contribution in [0.2, 0.25) is 0 Å². The number of amides is 1. The Hall–Kier alpha value is -2.43. The maximum atomic E-state index is 12.7. The Morgan fingerprint density at radius 3 is 2.48 bits per heavy atom. The minimum absolute atomic E-state index is 0.0100. The molecule has 1 fully saturated rings. The second-order valence-electron chi connectivity index (χ2n) is 7.04. The van der Waals surface area contributed by atoms with Crippen molar-refractivity contribution < 1.29 is 4.79 Å². The predicted molar refractivity (Wildman–Crippen MR) is 98.2 cm³/mol. The summed E-state index contributed by atoms with van der Waals surface area (Å²) in [6.07, 6.45) is 5.59. The van der Waals surface area contributed by atoms with Crippen LogP contribution in [-0.2, 0) is 6.42 Å². The van der Waals surface area contributed by atoms with Crippen LogP contribution in [0.15, 0.2) is 36.4 Å². The first kappa shape index (κ1) is 16.1. The summed E-state index contributed by atoms with van der Waals surface area (Å²) in [6.45, 7) is 3.86. The normalized spacial score (nSPS) is 20.3. The Labute approximate surface area is 148 Å². The smallest absolute Gasteiger partial charge is 0.274 e. The number of benzene rings is 1. The molecule has 3 heterocycles. The van der Waals surface area contributed by atoms with Gasteiger partial charge >= 0.3 is 0 Å². The molecular weight excluding hydrogens is 312 g/mol. The van der Waals surface area contributed by atoms with E-state index in [1.54, 1.807) is 0 Å². The fraction of sp³-hybridized carbons (Fsp3) is 0.450. The molecule has 1 unspecified atom stereocenters. The van der Waals surface area contributed by atoms with E-state index in [4.69, 9.17) is 0 Å². The summed E-state index contributed by atoms with van der Waals surface area (Å²) in [5, 5.41) is 8.63. The first-order valence-corrected chi connectivity index (χ1v) is 9.24. The van der Waals surface area contributed by atoms with Gasteiger partial charge in [-0.1, -0.05) is 31.0 Å². The number of fused-ring (bicyclic) bond motifs is 1. The lowest BCUT2D eigenvalue weighted by Gasteiger charge is -2.24. The van der Waals surface area contributed by atoms with Gasteiger partial charge in [-0.15, -0.1) is 10.2 Å². The number of rotatable bonds is 2. The van der Waals surface area contributed by atoms with Crippen LogP contribution in [-0.4, -0.2) is 40.1 Å². The molecule has 2 aromatic rings. The third-order valence-electron chi connectivity index (χ3n) is 5.22. The van der Waals surface area contributed by atoms with Gasteiger partial charge in [-0.05, 0) is 49.9 Å². The SMILES string of the molecule is CC1Cc2ccccc2N1c1ccc(C(=O)N2CCCCCC2)nn1. The van der Waals surface area contributed by atoms with Crippen molar-refractivity contribution in [3.63, 3.8) is 0 Å². The van der Waals surface area contributed by atoms with Crippen LogP contribution >= 0.6 is 0 Å². The van der Waals surface area contributed by atoms with Crippen LogP contribution < -0.4 is 4.90 Å². The second kappa shape index (κ2) is 6.82. The molecule has 0 bridgehead atoms. The lowest BCUT2D eigenvalue weighted by atomic mass is 10.1. The Bertz CT molecular complexity index is 751. The molecule has 2 aliphatic heterocycles. The van der Waals surface area contributed by atoms with Gasteiger partial charge in [0.1, 0.15) is 0 Å². The molecule has 4 rings (SSSR count). The quantitative estimate of drug-likeness (QED) is 0.841. The number of carbonyl (C=O) groups is 1. The number of anilines is 2. The van der Waals surface area contributed by atoms with E-state index >= 15 is 0 Å². The molecule has 1 saturated heterocycles. The molecule has 1 amide bonds. The molecule has 1 atom stereocenters. The first-order chi connectivity index (χ1) is 12.2. The number of likely N-dealkylation sites (tertiary alicyclic amines) is 1. The van der Waals surface area contributed by atoms with Gasteiger partial charge in [0.25, 0.3) is 5.91 Å². The van der Waals surface area contributed by atoms with Crippen LogP contribution in [0.25, 0.3) is 0 Å². The standard InChI is InChI=1S/C20H24N4O/c1-15-14-16-8-4-5-9-18(16)24(15)19-11-10-17(21-22-19)20(25)23-12-6-2-3-7-13-23/h4-5,8-11,15H,2-3,6-7,12-14H2,1H3. The Morgan fingerprint density at radius 1 is 1.00 bits per heavy atom. The lowest BCUT2D eigenvalue weighted by Crippen LogP contribution is -2.33. The third-order valence-corrected chi connectivity index (χ3v) is 5.22. The minimum atomic E-state index is 0.0100. The van der Waals surface area contributed by atoms with Crippen molar-refractivity contribution in [3.05, 3.63) is 47.7 Å². The fourth-order valence-corrected chi connectivity index (χ4v) is 3.92. The van der Waals surface area contributed by atoms with Crippen molar-refractivity contribution >= 4 is 17.4 Å². The van der Waals surface area contributed by atoms with E-state index in [0.717, 1.165) is 38.2 Å². The molecule has 1 aromatic carbocycles. The van der Waals surface area contributed by atoms with E-state index in [0.29, 0.717) is 11.7 Å². The number of aromatic nitrogens is 2. The number of para-hydroxylation sites is 1. The second-order valence-corrected chi connectivity index (χ2v) is 7.04. The monoisotopic (exact) mass is 336 g/mol. The number of carbonyl (C=O) groups excluding carboxylic acids is 1. The van der Waals surface area contributed by atoms with Crippen molar-refractivity contribution in [2.45, 2.75) is 45.1 Å². The molecule has 25 heavy (non-hydrogen) atoms. The van der Waals surface area contributed by atoms with E-state index in [9.17, 15) is 4.79 Å². The molecular formula is C20H24N4O.